The van der Waals surface area contributed by atoms with Crippen LogP contribution in [0.25, 0.3) is 0 Å². The Balaban J connectivity index is 1.84. The number of halogens is 1. The number of hydrogen-bond acceptors (Lipinski definition) is 5. The van der Waals surface area contributed by atoms with Gasteiger partial charge in [-0.2, -0.15) is 0 Å². The molecule has 0 amide bonds. The molecule has 4 aliphatic carbocycles. The summed E-state index contributed by atoms with van der Waals surface area (Å²) in [6.45, 7) is 5.04. The predicted octanol–water partition coefficient (Wildman–Crippen LogP) is 2.02. The molecule has 4 rings (SSSR count). The molecule has 2 fully saturated rings. The maximum Gasteiger partial charge on any atom is 0.190 e. The van der Waals surface area contributed by atoms with Crippen molar-refractivity contribution in [3.8, 4) is 0 Å². The van der Waals surface area contributed by atoms with Gasteiger partial charge in [-0.05, 0) is 36.7 Å². The number of rotatable bonds is 2. The van der Waals surface area contributed by atoms with E-state index in [9.17, 15) is 24.9 Å². The fourth-order valence-electron chi connectivity index (χ4n) is 7.22. The molecule has 0 heterocycles. The number of fused-ring (bicyclic) bond motifs is 5. The third kappa shape index (κ3) is 2.31. The quantitative estimate of drug-likeness (QED) is 0.480. The van der Waals surface area contributed by atoms with Crippen LogP contribution in [0.3, 0.4) is 0 Å². The van der Waals surface area contributed by atoms with Crippen molar-refractivity contribution in [2.75, 3.05) is 6.61 Å². The zero-order valence-corrected chi connectivity index (χ0v) is 17.3. The summed E-state index contributed by atoms with van der Waals surface area (Å²) in [4.78, 5) is 24.6. The lowest BCUT2D eigenvalue weighted by atomic mass is 9.46. The van der Waals surface area contributed by atoms with Crippen LogP contribution in [-0.2, 0) is 9.59 Å². The van der Waals surface area contributed by atoms with E-state index in [-0.39, 0.29) is 41.3 Å². The number of aliphatic hydroxyl groups is 3. The molecule has 3 N–H and O–H groups in total. The fraction of sp³-hybridized carbons (Fsp3) is 0.727. The lowest BCUT2D eigenvalue weighted by Crippen LogP contribution is -2.63. The van der Waals surface area contributed by atoms with Crippen LogP contribution in [0, 0.1) is 34.5 Å². The summed E-state index contributed by atoms with van der Waals surface area (Å²) in [5.41, 5.74) is -2.05. The van der Waals surface area contributed by atoms with Crippen LogP contribution in [0.5, 0.6) is 0 Å². The molecule has 0 radical (unpaired) electrons. The molecule has 0 aromatic heterocycles. The highest BCUT2D eigenvalue weighted by Gasteiger charge is 2.71. The molecule has 28 heavy (non-hydrogen) atoms. The molecule has 0 bridgehead atoms. The minimum atomic E-state index is -1.68. The number of aliphatic hydroxyl groups excluding tert-OH is 2. The van der Waals surface area contributed by atoms with Crippen LogP contribution in [0.4, 0.5) is 0 Å². The molecule has 0 aliphatic heterocycles. The smallest absolute Gasteiger partial charge is 0.190 e. The van der Waals surface area contributed by atoms with Crippen molar-refractivity contribution < 1.29 is 24.9 Å². The van der Waals surface area contributed by atoms with Crippen LogP contribution < -0.4 is 0 Å². The maximum atomic E-state index is 12.6. The van der Waals surface area contributed by atoms with Crippen molar-refractivity contribution in [3.63, 3.8) is 0 Å². The Labute approximate surface area is 170 Å². The number of ketones is 2. The Kier molecular flexibility index (Phi) is 4.52. The first-order valence-corrected chi connectivity index (χ1v) is 10.6. The molecule has 9 atom stereocenters. The molecule has 0 spiro atoms. The summed E-state index contributed by atoms with van der Waals surface area (Å²) in [5.74, 6) is -1.26. The van der Waals surface area contributed by atoms with Crippen molar-refractivity contribution >= 4 is 23.2 Å². The molecular formula is C22H29ClO5. The number of carbonyl (C=O) groups is 2. The van der Waals surface area contributed by atoms with Crippen LogP contribution in [0.1, 0.15) is 40.0 Å². The molecule has 0 aromatic carbocycles. The summed E-state index contributed by atoms with van der Waals surface area (Å²) < 4.78 is 0. The molecule has 0 saturated heterocycles. The summed E-state index contributed by atoms with van der Waals surface area (Å²) >= 11 is 6.83. The topological polar surface area (TPSA) is 94.8 Å². The first-order valence-electron chi connectivity index (χ1n) is 10.1. The number of allylic oxidation sites excluding steroid dienone is 4. The van der Waals surface area contributed by atoms with Crippen molar-refractivity contribution in [3.05, 3.63) is 23.8 Å². The second-order valence-electron chi connectivity index (χ2n) is 9.78. The van der Waals surface area contributed by atoms with Gasteiger partial charge in [0.05, 0.1) is 11.5 Å². The average Bonchev–Trinajstić information content (AvgIpc) is 2.83. The lowest BCUT2D eigenvalue weighted by Gasteiger charge is -2.60. The molecule has 0 aromatic rings. The molecule has 2 saturated carbocycles. The first kappa shape index (κ1) is 20.3. The van der Waals surface area contributed by atoms with E-state index < -0.39 is 34.9 Å². The number of hydrogen-bond donors (Lipinski definition) is 3. The second kappa shape index (κ2) is 6.24. The number of carbonyl (C=O) groups excluding carboxylic acids is 2. The summed E-state index contributed by atoms with van der Waals surface area (Å²) in [5, 5.41) is 31.9. The van der Waals surface area contributed by atoms with Gasteiger partial charge in [0.2, 0.25) is 0 Å². The lowest BCUT2D eigenvalue weighted by molar-refractivity contribution is -0.181. The van der Waals surface area contributed by atoms with Crippen molar-refractivity contribution in [2.24, 2.45) is 34.5 Å². The predicted molar refractivity (Wildman–Crippen MR) is 105 cm³/mol. The van der Waals surface area contributed by atoms with Gasteiger partial charge in [-0.25, -0.2) is 0 Å². The Hall–Kier alpha value is -1.01. The highest BCUT2D eigenvalue weighted by atomic mass is 35.5. The van der Waals surface area contributed by atoms with Crippen molar-refractivity contribution in [1.29, 1.82) is 0 Å². The number of alkyl halides is 1. The fourth-order valence-corrected chi connectivity index (χ4v) is 7.71. The monoisotopic (exact) mass is 408 g/mol. The van der Waals surface area contributed by atoms with Gasteiger partial charge in [0.25, 0.3) is 0 Å². The Morgan fingerprint density at radius 3 is 2.68 bits per heavy atom. The van der Waals surface area contributed by atoms with Crippen LogP contribution in [0.2, 0.25) is 0 Å². The second-order valence-corrected chi connectivity index (χ2v) is 10.3. The molecular weight excluding hydrogens is 380 g/mol. The molecule has 6 heteroatoms. The largest absolute Gasteiger partial charge is 0.393 e. The van der Waals surface area contributed by atoms with Gasteiger partial charge < -0.3 is 15.3 Å². The third-order valence-electron chi connectivity index (χ3n) is 8.60. The van der Waals surface area contributed by atoms with Gasteiger partial charge in [-0.15, -0.1) is 11.6 Å². The SMILES string of the molecule is CC1CC2C3C(Cl)C=C4CC(=O)C=CC4(C)C3C(O)CC2(C)C1(O)C(=O)CO. The first-order chi connectivity index (χ1) is 13.0. The van der Waals surface area contributed by atoms with E-state index in [0.717, 1.165) is 5.57 Å². The van der Waals surface area contributed by atoms with E-state index in [1.807, 2.05) is 26.0 Å². The third-order valence-corrected chi connectivity index (χ3v) is 9.01. The van der Waals surface area contributed by atoms with E-state index in [2.05, 4.69) is 6.92 Å². The van der Waals surface area contributed by atoms with Gasteiger partial charge in [-0.1, -0.05) is 38.5 Å². The number of Topliss-reactive ketones (excluding diaryl/α,β-unsaturated/α-hetero) is 1. The van der Waals surface area contributed by atoms with E-state index in [4.69, 9.17) is 11.6 Å². The van der Waals surface area contributed by atoms with E-state index in [0.29, 0.717) is 12.8 Å². The van der Waals surface area contributed by atoms with Crippen LogP contribution in [-0.4, -0.2) is 50.6 Å². The van der Waals surface area contributed by atoms with Crippen LogP contribution in [0.15, 0.2) is 23.8 Å². The highest BCUT2D eigenvalue weighted by Crippen LogP contribution is 2.68. The Morgan fingerprint density at radius 2 is 2.04 bits per heavy atom. The van der Waals surface area contributed by atoms with Gasteiger partial charge >= 0.3 is 0 Å². The zero-order valence-electron chi connectivity index (χ0n) is 16.6. The van der Waals surface area contributed by atoms with Gasteiger partial charge in [0, 0.05) is 23.2 Å². The van der Waals surface area contributed by atoms with E-state index >= 15 is 0 Å². The Bertz CT molecular complexity index is 790. The summed E-state index contributed by atoms with van der Waals surface area (Å²) in [6, 6.07) is 0. The Morgan fingerprint density at radius 1 is 1.36 bits per heavy atom. The maximum absolute atomic E-state index is 12.6. The average molecular weight is 409 g/mol. The van der Waals surface area contributed by atoms with Gasteiger partial charge in [-0.3, -0.25) is 9.59 Å². The van der Waals surface area contributed by atoms with Gasteiger partial charge in [0.1, 0.15) is 12.2 Å². The van der Waals surface area contributed by atoms with Crippen molar-refractivity contribution in [1.82, 2.24) is 0 Å². The van der Waals surface area contributed by atoms with E-state index in [1.54, 1.807) is 6.08 Å². The van der Waals surface area contributed by atoms with Crippen molar-refractivity contribution in [2.45, 2.75) is 57.1 Å². The van der Waals surface area contributed by atoms with E-state index in [1.165, 1.54) is 0 Å². The molecule has 154 valence electrons. The standard InChI is InChI=1S/C22H29ClO5/c1-11-6-14-18-15(23)8-12-7-13(25)4-5-20(12,2)19(18)16(26)9-21(14,3)22(11,28)17(27)10-24/h4-5,8,11,14-16,18-19,24,26,28H,6-7,9-10H2,1-3H3. The minimum Gasteiger partial charge on any atom is -0.393 e. The molecule has 9 unspecified atom stereocenters. The molecule has 5 nitrogen and oxygen atoms in total. The van der Waals surface area contributed by atoms with Gasteiger partial charge in [0.15, 0.2) is 11.6 Å². The highest BCUT2D eigenvalue weighted by molar-refractivity contribution is 6.22. The molecule has 4 aliphatic rings. The summed E-state index contributed by atoms with van der Waals surface area (Å²) in [6.07, 6.45) is 5.88. The van der Waals surface area contributed by atoms with Crippen LogP contribution >= 0.6 is 11.6 Å². The normalized spacial score (nSPS) is 52.5. The zero-order chi connectivity index (χ0) is 20.6. The minimum absolute atomic E-state index is 0.0404. The summed E-state index contributed by atoms with van der Waals surface area (Å²) in [7, 11) is 0.